The van der Waals surface area contributed by atoms with Gasteiger partial charge < -0.3 is 19.3 Å². The first-order chi connectivity index (χ1) is 14.1. The number of piperazine rings is 1. The van der Waals surface area contributed by atoms with E-state index in [9.17, 15) is 10.1 Å². The van der Waals surface area contributed by atoms with Crippen LogP contribution >= 0.6 is 11.6 Å². The predicted molar refractivity (Wildman–Crippen MR) is 113 cm³/mol. The summed E-state index contributed by atoms with van der Waals surface area (Å²) in [4.78, 5) is 16.8. The van der Waals surface area contributed by atoms with Crippen molar-refractivity contribution in [2.75, 3.05) is 45.3 Å². The maximum atomic E-state index is 12.9. The monoisotopic (exact) mass is 411 g/mol. The fourth-order valence-electron chi connectivity index (χ4n) is 3.31. The van der Waals surface area contributed by atoms with Gasteiger partial charge in [-0.05, 0) is 35.9 Å². The summed E-state index contributed by atoms with van der Waals surface area (Å²) in [5.74, 6) is 0.562. The second-order valence-corrected chi connectivity index (χ2v) is 6.93. The van der Waals surface area contributed by atoms with Gasteiger partial charge in [0.05, 0.1) is 19.2 Å². The lowest BCUT2D eigenvalue weighted by atomic mass is 10.1. The molecule has 1 amide bonds. The Hall–Kier alpha value is -3.17. The van der Waals surface area contributed by atoms with Crippen LogP contribution in [0.15, 0.2) is 48.0 Å². The summed E-state index contributed by atoms with van der Waals surface area (Å²) in [6, 6.07) is 15.4. The molecule has 0 N–H and O–H groups in total. The third-order valence-electron chi connectivity index (χ3n) is 4.81. The highest BCUT2D eigenvalue weighted by molar-refractivity contribution is 6.32. The minimum atomic E-state index is -0.286. The van der Waals surface area contributed by atoms with Crippen molar-refractivity contribution in [1.29, 1.82) is 5.26 Å². The predicted octanol–water partition coefficient (Wildman–Crippen LogP) is 3.61. The number of para-hydroxylation sites is 1. The van der Waals surface area contributed by atoms with Gasteiger partial charge in [0.15, 0.2) is 11.5 Å². The molecule has 1 aliphatic rings. The molecule has 1 fully saturated rings. The summed E-state index contributed by atoms with van der Waals surface area (Å²) in [7, 11) is 3.00. The summed E-state index contributed by atoms with van der Waals surface area (Å²) in [5.41, 5.74) is 1.79. The Morgan fingerprint density at radius 1 is 1.10 bits per heavy atom. The number of hydrogen-bond donors (Lipinski definition) is 0. The molecule has 0 bridgehead atoms. The number of carbonyl (C=O) groups excluding carboxylic acids is 1. The van der Waals surface area contributed by atoms with Gasteiger partial charge >= 0.3 is 0 Å². The van der Waals surface area contributed by atoms with Gasteiger partial charge in [-0.25, -0.2) is 0 Å². The van der Waals surface area contributed by atoms with Crippen LogP contribution in [-0.2, 0) is 4.79 Å². The SMILES string of the molecule is COc1cc(/C=C(/C#N)C(=O)N2CCN(c3ccccc3)CC2)cc(Cl)c1OC. The fraction of sp³-hybridized carbons (Fsp3) is 0.273. The van der Waals surface area contributed by atoms with Gasteiger partial charge in [-0.2, -0.15) is 5.26 Å². The summed E-state index contributed by atoms with van der Waals surface area (Å²) < 4.78 is 10.5. The van der Waals surface area contributed by atoms with Crippen molar-refractivity contribution in [3.8, 4) is 17.6 Å². The number of nitriles is 1. The number of nitrogens with zero attached hydrogens (tertiary/aromatic N) is 3. The maximum Gasteiger partial charge on any atom is 0.264 e. The zero-order valence-corrected chi connectivity index (χ0v) is 17.1. The highest BCUT2D eigenvalue weighted by Crippen LogP contribution is 2.36. The van der Waals surface area contributed by atoms with E-state index in [1.54, 1.807) is 17.0 Å². The number of rotatable bonds is 5. The van der Waals surface area contributed by atoms with Crippen LogP contribution in [0, 0.1) is 11.3 Å². The lowest BCUT2D eigenvalue weighted by Gasteiger charge is -2.36. The van der Waals surface area contributed by atoms with Crippen molar-refractivity contribution in [3.05, 3.63) is 58.6 Å². The van der Waals surface area contributed by atoms with Crippen molar-refractivity contribution < 1.29 is 14.3 Å². The van der Waals surface area contributed by atoms with Crippen molar-refractivity contribution >= 4 is 29.3 Å². The van der Waals surface area contributed by atoms with Crippen LogP contribution in [0.2, 0.25) is 5.02 Å². The van der Waals surface area contributed by atoms with E-state index in [-0.39, 0.29) is 11.5 Å². The minimum absolute atomic E-state index is 0.0569. The van der Waals surface area contributed by atoms with Gasteiger partial charge in [-0.1, -0.05) is 29.8 Å². The molecule has 0 radical (unpaired) electrons. The Morgan fingerprint density at radius 2 is 1.79 bits per heavy atom. The van der Waals surface area contributed by atoms with E-state index in [0.717, 1.165) is 18.8 Å². The van der Waals surface area contributed by atoms with Gasteiger partial charge in [0.2, 0.25) is 0 Å². The molecule has 150 valence electrons. The number of halogens is 1. The van der Waals surface area contributed by atoms with Gasteiger partial charge in [-0.3, -0.25) is 4.79 Å². The standard InChI is InChI=1S/C22H22ClN3O3/c1-28-20-14-16(13-19(23)21(20)29-2)12-17(15-24)22(27)26-10-8-25(9-11-26)18-6-4-3-5-7-18/h3-7,12-14H,8-11H2,1-2H3/b17-12-. The normalized spacial score (nSPS) is 14.3. The Morgan fingerprint density at radius 3 is 2.38 bits per heavy atom. The largest absolute Gasteiger partial charge is 0.493 e. The van der Waals surface area contributed by atoms with Crippen molar-refractivity contribution in [2.24, 2.45) is 0 Å². The average molecular weight is 412 g/mol. The summed E-state index contributed by atoms with van der Waals surface area (Å²) in [6.07, 6.45) is 1.53. The lowest BCUT2D eigenvalue weighted by Crippen LogP contribution is -2.49. The highest BCUT2D eigenvalue weighted by Gasteiger charge is 2.24. The van der Waals surface area contributed by atoms with Crippen LogP contribution in [0.3, 0.4) is 0 Å². The highest BCUT2D eigenvalue weighted by atomic mass is 35.5. The number of amides is 1. The third-order valence-corrected chi connectivity index (χ3v) is 5.09. The summed E-state index contributed by atoms with van der Waals surface area (Å²) in [6.45, 7) is 2.55. The van der Waals surface area contributed by atoms with Gasteiger partial charge in [0, 0.05) is 31.9 Å². The van der Waals surface area contributed by atoms with E-state index in [1.165, 1.54) is 20.3 Å². The lowest BCUT2D eigenvalue weighted by molar-refractivity contribution is -0.126. The van der Waals surface area contributed by atoms with Crippen LogP contribution in [0.25, 0.3) is 6.08 Å². The van der Waals surface area contributed by atoms with Crippen molar-refractivity contribution in [3.63, 3.8) is 0 Å². The molecule has 6 nitrogen and oxygen atoms in total. The Labute approximate surface area is 175 Å². The van der Waals surface area contributed by atoms with Crippen LogP contribution in [0.4, 0.5) is 5.69 Å². The van der Waals surface area contributed by atoms with Crippen LogP contribution in [-0.4, -0.2) is 51.2 Å². The molecule has 1 aliphatic heterocycles. The molecule has 0 unspecified atom stereocenters. The molecule has 0 aliphatic carbocycles. The quantitative estimate of drug-likeness (QED) is 0.555. The first kappa shape index (κ1) is 20.6. The first-order valence-electron chi connectivity index (χ1n) is 9.20. The van der Waals surface area contributed by atoms with Crippen molar-refractivity contribution in [1.82, 2.24) is 4.90 Å². The number of anilines is 1. The smallest absolute Gasteiger partial charge is 0.264 e. The molecule has 2 aromatic rings. The van der Waals surface area contributed by atoms with E-state index in [0.29, 0.717) is 35.2 Å². The van der Waals surface area contributed by atoms with Crippen LogP contribution in [0.1, 0.15) is 5.56 Å². The number of methoxy groups -OCH3 is 2. The molecule has 29 heavy (non-hydrogen) atoms. The van der Waals surface area contributed by atoms with E-state index in [4.69, 9.17) is 21.1 Å². The molecular weight excluding hydrogens is 390 g/mol. The molecule has 1 saturated heterocycles. The molecule has 0 aromatic heterocycles. The van der Waals surface area contributed by atoms with Crippen LogP contribution in [0.5, 0.6) is 11.5 Å². The molecule has 0 atom stereocenters. The number of carbonyl (C=O) groups is 1. The maximum absolute atomic E-state index is 12.9. The molecule has 2 aromatic carbocycles. The second kappa shape index (κ2) is 9.35. The average Bonchev–Trinajstić information content (AvgIpc) is 2.77. The minimum Gasteiger partial charge on any atom is -0.493 e. The molecule has 3 rings (SSSR count). The molecule has 0 saturated carbocycles. The number of benzene rings is 2. The molecule has 1 heterocycles. The Kier molecular flexibility index (Phi) is 6.63. The van der Waals surface area contributed by atoms with Crippen LogP contribution < -0.4 is 14.4 Å². The summed E-state index contributed by atoms with van der Waals surface area (Å²) >= 11 is 6.22. The summed E-state index contributed by atoms with van der Waals surface area (Å²) in [5, 5.41) is 9.90. The fourth-order valence-corrected chi connectivity index (χ4v) is 3.60. The van der Waals surface area contributed by atoms with Crippen molar-refractivity contribution in [2.45, 2.75) is 0 Å². The van der Waals surface area contributed by atoms with Gasteiger partial charge in [-0.15, -0.1) is 0 Å². The van der Waals surface area contributed by atoms with E-state index in [2.05, 4.69) is 17.0 Å². The zero-order valence-electron chi connectivity index (χ0n) is 16.4. The van der Waals surface area contributed by atoms with Gasteiger partial charge in [0.1, 0.15) is 11.6 Å². The first-order valence-corrected chi connectivity index (χ1v) is 9.57. The van der Waals surface area contributed by atoms with E-state index in [1.807, 2.05) is 24.3 Å². The molecule has 7 heteroatoms. The molecular formula is C22H22ClN3O3. The van der Waals surface area contributed by atoms with E-state index >= 15 is 0 Å². The third kappa shape index (κ3) is 4.64. The van der Waals surface area contributed by atoms with E-state index < -0.39 is 0 Å². The Bertz CT molecular complexity index is 946. The Balaban J connectivity index is 1.75. The second-order valence-electron chi connectivity index (χ2n) is 6.52. The number of hydrogen-bond acceptors (Lipinski definition) is 5. The zero-order chi connectivity index (χ0) is 20.8. The van der Waals surface area contributed by atoms with Gasteiger partial charge in [0.25, 0.3) is 5.91 Å². The molecule has 0 spiro atoms. The number of ether oxygens (including phenoxy) is 2. The topological polar surface area (TPSA) is 65.8 Å².